The predicted molar refractivity (Wildman–Crippen MR) is 103 cm³/mol. The first-order valence-electron chi connectivity index (χ1n) is 8.94. The summed E-state index contributed by atoms with van der Waals surface area (Å²) in [5, 5.41) is 19.8. The zero-order valence-electron chi connectivity index (χ0n) is 14.7. The molecule has 1 aromatic carbocycles. The van der Waals surface area contributed by atoms with E-state index in [2.05, 4.69) is 16.7 Å². The van der Waals surface area contributed by atoms with E-state index in [4.69, 9.17) is 16.0 Å². The van der Waals surface area contributed by atoms with Gasteiger partial charge in [0.1, 0.15) is 22.4 Å². The van der Waals surface area contributed by atoms with Crippen molar-refractivity contribution >= 4 is 16.5 Å². The second-order valence-corrected chi connectivity index (χ2v) is 8.06. The maximum Gasteiger partial charge on any atom is 0.187 e. The van der Waals surface area contributed by atoms with Gasteiger partial charge in [-0.05, 0) is 37.8 Å². The Morgan fingerprint density at radius 1 is 1.33 bits per heavy atom. The molecule has 1 saturated carbocycles. The highest BCUT2D eigenvalue weighted by Gasteiger charge is 2.38. The molecule has 2 aliphatic rings. The van der Waals surface area contributed by atoms with E-state index < -0.39 is 11.4 Å². The number of piperidine rings is 1. The second-order valence-electron chi connectivity index (χ2n) is 7.09. The van der Waals surface area contributed by atoms with Crippen molar-refractivity contribution in [1.82, 2.24) is 4.98 Å². The summed E-state index contributed by atoms with van der Waals surface area (Å²) in [6.07, 6.45) is 3.16. The molecule has 2 fully saturated rings. The molecule has 1 saturated heterocycles. The van der Waals surface area contributed by atoms with Gasteiger partial charge in [-0.1, -0.05) is 29.2 Å². The van der Waals surface area contributed by atoms with Gasteiger partial charge in [-0.15, -0.1) is 0 Å². The SMILES string of the molecule is N#Cc1ccc(-c2nc(N3CCC(N)CC3)sc2C#CC2(O)CC2)cc1F. The van der Waals surface area contributed by atoms with E-state index in [0.717, 1.165) is 31.1 Å². The Kier molecular flexibility index (Phi) is 4.61. The first-order chi connectivity index (χ1) is 13.0. The van der Waals surface area contributed by atoms with Gasteiger partial charge in [0, 0.05) is 24.7 Å². The van der Waals surface area contributed by atoms with Gasteiger partial charge in [-0.3, -0.25) is 0 Å². The molecule has 0 spiro atoms. The van der Waals surface area contributed by atoms with E-state index in [0.29, 0.717) is 29.0 Å². The maximum absolute atomic E-state index is 14.1. The van der Waals surface area contributed by atoms with Crippen molar-refractivity contribution in [2.24, 2.45) is 5.73 Å². The first kappa shape index (κ1) is 17.9. The molecule has 0 unspecified atom stereocenters. The van der Waals surface area contributed by atoms with Crippen molar-refractivity contribution in [3.8, 4) is 29.2 Å². The molecule has 1 aliphatic carbocycles. The monoisotopic (exact) mass is 382 g/mol. The Balaban J connectivity index is 1.73. The smallest absolute Gasteiger partial charge is 0.187 e. The minimum atomic E-state index is -0.894. The molecule has 1 aliphatic heterocycles. The van der Waals surface area contributed by atoms with Gasteiger partial charge in [-0.2, -0.15) is 5.26 Å². The zero-order chi connectivity index (χ0) is 19.0. The van der Waals surface area contributed by atoms with Crippen molar-refractivity contribution in [3.05, 3.63) is 34.5 Å². The standard InChI is InChI=1S/C20H19FN4OS/c21-16-11-13(1-2-14(16)12-22)18-17(3-6-20(26)7-8-20)27-19(24-18)25-9-4-15(23)5-10-25/h1-2,11,15,26H,4-5,7-10,23H2. The molecule has 0 atom stereocenters. The number of aliphatic hydroxyl groups is 1. The zero-order valence-corrected chi connectivity index (χ0v) is 15.5. The number of thiazole rings is 1. The van der Waals surface area contributed by atoms with Crippen LogP contribution in [0.3, 0.4) is 0 Å². The molecule has 0 amide bonds. The van der Waals surface area contributed by atoms with Crippen LogP contribution in [0.2, 0.25) is 0 Å². The van der Waals surface area contributed by atoms with Crippen LogP contribution in [-0.2, 0) is 0 Å². The number of hydrogen-bond acceptors (Lipinski definition) is 6. The highest BCUT2D eigenvalue weighted by molar-refractivity contribution is 7.16. The molecule has 1 aromatic heterocycles. The summed E-state index contributed by atoms with van der Waals surface area (Å²) < 4.78 is 14.1. The molecular formula is C20H19FN4OS. The van der Waals surface area contributed by atoms with E-state index in [-0.39, 0.29) is 11.6 Å². The third kappa shape index (κ3) is 3.81. The number of halogens is 1. The number of aromatic nitrogens is 1. The third-order valence-electron chi connectivity index (χ3n) is 4.92. The third-order valence-corrected chi connectivity index (χ3v) is 5.95. The van der Waals surface area contributed by atoms with Crippen LogP contribution in [0.25, 0.3) is 11.3 Å². The number of hydrogen-bond donors (Lipinski definition) is 2. The molecule has 2 aromatic rings. The van der Waals surface area contributed by atoms with Crippen molar-refractivity contribution in [1.29, 1.82) is 5.26 Å². The molecule has 3 N–H and O–H groups in total. The average molecular weight is 382 g/mol. The number of nitrogens with zero attached hydrogens (tertiary/aromatic N) is 3. The molecule has 7 heteroatoms. The van der Waals surface area contributed by atoms with Crippen molar-refractivity contribution < 1.29 is 9.50 Å². The Labute approximate surface area is 161 Å². The Hall–Kier alpha value is -2.45. The van der Waals surface area contributed by atoms with Gasteiger partial charge in [0.05, 0.1) is 11.3 Å². The number of nitrogens with two attached hydrogens (primary N) is 1. The number of anilines is 1. The van der Waals surface area contributed by atoms with Gasteiger partial charge in [0.15, 0.2) is 5.13 Å². The predicted octanol–water partition coefficient (Wildman–Crippen LogP) is 2.62. The van der Waals surface area contributed by atoms with E-state index >= 15 is 0 Å². The Morgan fingerprint density at radius 2 is 2.07 bits per heavy atom. The summed E-state index contributed by atoms with van der Waals surface area (Å²) in [6.45, 7) is 1.65. The van der Waals surface area contributed by atoms with Crippen LogP contribution >= 0.6 is 11.3 Å². The molecule has 27 heavy (non-hydrogen) atoms. The number of rotatable bonds is 2. The van der Waals surface area contributed by atoms with Gasteiger partial charge in [0.2, 0.25) is 0 Å². The van der Waals surface area contributed by atoms with Gasteiger partial charge < -0.3 is 15.7 Å². The van der Waals surface area contributed by atoms with Crippen molar-refractivity contribution in [3.63, 3.8) is 0 Å². The lowest BCUT2D eigenvalue weighted by Gasteiger charge is -2.29. The Morgan fingerprint density at radius 3 is 2.70 bits per heavy atom. The van der Waals surface area contributed by atoms with E-state index in [9.17, 15) is 9.50 Å². The summed E-state index contributed by atoms with van der Waals surface area (Å²) in [7, 11) is 0. The lowest BCUT2D eigenvalue weighted by atomic mass is 10.1. The Bertz CT molecular complexity index is 972. The average Bonchev–Trinajstić information content (AvgIpc) is 3.25. The van der Waals surface area contributed by atoms with Crippen LogP contribution in [0.5, 0.6) is 0 Å². The van der Waals surface area contributed by atoms with E-state index in [1.54, 1.807) is 6.07 Å². The van der Waals surface area contributed by atoms with Gasteiger partial charge in [-0.25, -0.2) is 9.37 Å². The minimum Gasteiger partial charge on any atom is -0.378 e. The van der Waals surface area contributed by atoms with Crippen LogP contribution < -0.4 is 10.6 Å². The fourth-order valence-electron chi connectivity index (χ4n) is 2.98. The fourth-order valence-corrected chi connectivity index (χ4v) is 3.98. The van der Waals surface area contributed by atoms with Crippen LogP contribution in [0.15, 0.2) is 18.2 Å². The second kappa shape index (κ2) is 6.94. The molecule has 4 rings (SSSR count). The lowest BCUT2D eigenvalue weighted by molar-refractivity contribution is 0.212. The van der Waals surface area contributed by atoms with E-state index in [1.165, 1.54) is 23.5 Å². The number of nitriles is 1. The quantitative estimate of drug-likeness (QED) is 0.780. The summed E-state index contributed by atoms with van der Waals surface area (Å²) in [4.78, 5) is 7.59. The molecule has 0 radical (unpaired) electrons. The summed E-state index contributed by atoms with van der Waals surface area (Å²) in [5.74, 6) is 5.38. The largest absolute Gasteiger partial charge is 0.378 e. The summed E-state index contributed by atoms with van der Waals surface area (Å²) in [5.41, 5.74) is 6.26. The lowest BCUT2D eigenvalue weighted by Crippen LogP contribution is -2.39. The van der Waals surface area contributed by atoms with E-state index in [1.807, 2.05) is 6.07 Å². The van der Waals surface area contributed by atoms with Crippen LogP contribution in [-0.4, -0.2) is 34.8 Å². The van der Waals surface area contributed by atoms with Crippen LogP contribution in [0.1, 0.15) is 36.1 Å². The van der Waals surface area contributed by atoms with Crippen LogP contribution in [0, 0.1) is 29.0 Å². The minimum absolute atomic E-state index is 0.000790. The fraction of sp³-hybridized carbons (Fsp3) is 0.400. The highest BCUT2D eigenvalue weighted by Crippen LogP contribution is 2.37. The molecular weight excluding hydrogens is 363 g/mol. The highest BCUT2D eigenvalue weighted by atomic mass is 32.1. The molecule has 138 valence electrons. The maximum atomic E-state index is 14.1. The van der Waals surface area contributed by atoms with Gasteiger partial charge >= 0.3 is 0 Å². The molecule has 5 nitrogen and oxygen atoms in total. The van der Waals surface area contributed by atoms with Gasteiger partial charge in [0.25, 0.3) is 0 Å². The van der Waals surface area contributed by atoms with Crippen molar-refractivity contribution in [2.45, 2.75) is 37.3 Å². The summed E-state index contributed by atoms with van der Waals surface area (Å²) >= 11 is 1.45. The molecule has 0 bridgehead atoms. The normalized spacial score (nSPS) is 18.5. The van der Waals surface area contributed by atoms with Crippen molar-refractivity contribution in [2.75, 3.05) is 18.0 Å². The first-order valence-corrected chi connectivity index (χ1v) is 9.76. The number of benzene rings is 1. The molecule has 2 heterocycles. The van der Waals surface area contributed by atoms with Crippen LogP contribution in [0.4, 0.5) is 9.52 Å². The topological polar surface area (TPSA) is 86.2 Å². The summed E-state index contributed by atoms with van der Waals surface area (Å²) in [6, 6.07) is 6.51.